The van der Waals surface area contributed by atoms with Crippen molar-refractivity contribution < 1.29 is 0 Å². The first-order valence-electron chi connectivity index (χ1n) is 7.59. The van der Waals surface area contributed by atoms with Gasteiger partial charge in [0.15, 0.2) is 0 Å². The summed E-state index contributed by atoms with van der Waals surface area (Å²) < 4.78 is 0. The molecule has 1 N–H and O–H groups in total. The van der Waals surface area contributed by atoms with Crippen molar-refractivity contribution in [3.8, 4) is 0 Å². The number of rotatable bonds is 4. The highest BCUT2D eigenvalue weighted by Crippen LogP contribution is 2.27. The number of hydrogen-bond acceptors (Lipinski definition) is 2. The fraction of sp³-hybridized carbons (Fsp3) is 0.444. The van der Waals surface area contributed by atoms with Crippen molar-refractivity contribution >= 4 is 22.5 Å². The first-order chi connectivity index (χ1) is 9.86. The van der Waals surface area contributed by atoms with Gasteiger partial charge in [0.1, 0.15) is 0 Å². The molecule has 2 aromatic carbocycles. The SMILES string of the molecule is CSC1CCC(NCc2cccc3ccccc23)CC1. The average Bonchev–Trinajstić information content (AvgIpc) is 2.53. The number of fused-ring (bicyclic) bond motifs is 1. The standard InChI is InChI=1S/C18H23NS/c1-20-17-11-9-16(10-12-17)19-13-15-7-4-6-14-5-2-3-8-18(14)15/h2-8,16-17,19H,9-13H2,1H3. The maximum absolute atomic E-state index is 3.77. The van der Waals surface area contributed by atoms with Crippen LogP contribution >= 0.6 is 11.8 Å². The van der Waals surface area contributed by atoms with Crippen molar-refractivity contribution in [2.75, 3.05) is 6.26 Å². The molecule has 0 bridgehead atoms. The van der Waals surface area contributed by atoms with E-state index in [1.165, 1.54) is 42.0 Å². The lowest BCUT2D eigenvalue weighted by molar-refractivity contribution is 0.379. The second-order valence-corrected chi connectivity index (χ2v) is 6.87. The van der Waals surface area contributed by atoms with E-state index in [0.29, 0.717) is 6.04 Å². The molecule has 3 rings (SSSR count). The summed E-state index contributed by atoms with van der Waals surface area (Å²) in [5.41, 5.74) is 1.43. The zero-order chi connectivity index (χ0) is 13.8. The minimum atomic E-state index is 0.706. The first-order valence-corrected chi connectivity index (χ1v) is 8.88. The molecule has 106 valence electrons. The number of nitrogens with one attached hydrogen (secondary N) is 1. The molecule has 0 spiro atoms. The normalized spacial score (nSPS) is 23.1. The minimum Gasteiger partial charge on any atom is -0.310 e. The Balaban J connectivity index is 1.63. The molecule has 0 amide bonds. The molecule has 0 radical (unpaired) electrons. The van der Waals surface area contributed by atoms with Crippen molar-refractivity contribution in [1.29, 1.82) is 0 Å². The Bertz CT molecular complexity index is 553. The predicted molar refractivity (Wildman–Crippen MR) is 90.3 cm³/mol. The molecule has 0 heterocycles. The molecule has 0 saturated heterocycles. The molecule has 1 nitrogen and oxygen atoms in total. The summed E-state index contributed by atoms with van der Waals surface area (Å²) in [5.74, 6) is 0. The average molecular weight is 285 g/mol. The molecule has 1 fully saturated rings. The van der Waals surface area contributed by atoms with Gasteiger partial charge in [-0.3, -0.25) is 0 Å². The third kappa shape index (κ3) is 3.18. The van der Waals surface area contributed by atoms with E-state index >= 15 is 0 Å². The van der Waals surface area contributed by atoms with Crippen LogP contribution in [0.25, 0.3) is 10.8 Å². The lowest BCUT2D eigenvalue weighted by Gasteiger charge is -2.28. The molecule has 0 aromatic heterocycles. The number of benzene rings is 2. The van der Waals surface area contributed by atoms with Gasteiger partial charge in [-0.05, 0) is 48.3 Å². The molecular formula is C18H23NS. The Hall–Kier alpha value is -0.990. The van der Waals surface area contributed by atoms with E-state index in [0.717, 1.165) is 11.8 Å². The van der Waals surface area contributed by atoms with E-state index in [4.69, 9.17) is 0 Å². The van der Waals surface area contributed by atoms with Crippen LogP contribution in [0.1, 0.15) is 31.2 Å². The van der Waals surface area contributed by atoms with Crippen LogP contribution in [0.5, 0.6) is 0 Å². The van der Waals surface area contributed by atoms with Gasteiger partial charge in [-0.2, -0.15) is 11.8 Å². The molecule has 0 atom stereocenters. The molecule has 2 heteroatoms. The van der Waals surface area contributed by atoms with Crippen LogP contribution < -0.4 is 5.32 Å². The Morgan fingerprint density at radius 1 is 1.00 bits per heavy atom. The summed E-state index contributed by atoms with van der Waals surface area (Å²) in [6.45, 7) is 0.996. The summed E-state index contributed by atoms with van der Waals surface area (Å²) >= 11 is 2.04. The molecule has 1 aliphatic rings. The topological polar surface area (TPSA) is 12.0 Å². The summed E-state index contributed by atoms with van der Waals surface area (Å²) in [7, 11) is 0. The van der Waals surface area contributed by atoms with Crippen LogP contribution in [-0.2, 0) is 6.54 Å². The lowest BCUT2D eigenvalue weighted by atomic mass is 9.94. The fourth-order valence-corrected chi connectivity index (χ4v) is 3.95. The van der Waals surface area contributed by atoms with Crippen molar-refractivity contribution in [2.24, 2.45) is 0 Å². The lowest BCUT2D eigenvalue weighted by Crippen LogP contribution is -2.33. The van der Waals surface area contributed by atoms with Gasteiger partial charge in [0.25, 0.3) is 0 Å². The van der Waals surface area contributed by atoms with Crippen LogP contribution in [0.3, 0.4) is 0 Å². The monoisotopic (exact) mass is 285 g/mol. The highest BCUT2D eigenvalue weighted by molar-refractivity contribution is 7.99. The fourth-order valence-electron chi connectivity index (χ4n) is 3.20. The number of hydrogen-bond donors (Lipinski definition) is 1. The van der Waals surface area contributed by atoms with Crippen LogP contribution in [-0.4, -0.2) is 17.5 Å². The second kappa shape index (κ2) is 6.64. The Morgan fingerprint density at radius 3 is 2.55 bits per heavy atom. The van der Waals surface area contributed by atoms with Crippen LogP contribution in [0.15, 0.2) is 42.5 Å². The molecule has 2 aromatic rings. The Morgan fingerprint density at radius 2 is 1.75 bits per heavy atom. The van der Waals surface area contributed by atoms with Gasteiger partial charge in [0, 0.05) is 17.8 Å². The molecule has 0 aliphatic heterocycles. The van der Waals surface area contributed by atoms with Gasteiger partial charge >= 0.3 is 0 Å². The third-order valence-electron chi connectivity index (χ3n) is 4.47. The maximum atomic E-state index is 3.77. The van der Waals surface area contributed by atoms with E-state index < -0.39 is 0 Å². The van der Waals surface area contributed by atoms with Crippen molar-refractivity contribution in [2.45, 2.75) is 43.5 Å². The van der Waals surface area contributed by atoms with Gasteiger partial charge < -0.3 is 5.32 Å². The summed E-state index contributed by atoms with van der Waals surface area (Å²) in [5, 5.41) is 7.39. The number of thioether (sulfide) groups is 1. The molecule has 1 saturated carbocycles. The summed E-state index contributed by atoms with van der Waals surface area (Å²) in [6.07, 6.45) is 7.64. The third-order valence-corrected chi connectivity index (χ3v) is 5.61. The van der Waals surface area contributed by atoms with Crippen LogP contribution in [0.4, 0.5) is 0 Å². The maximum Gasteiger partial charge on any atom is 0.0214 e. The quantitative estimate of drug-likeness (QED) is 0.881. The van der Waals surface area contributed by atoms with Gasteiger partial charge in [-0.1, -0.05) is 42.5 Å². The molecule has 0 unspecified atom stereocenters. The Kier molecular flexibility index (Phi) is 4.64. The summed E-state index contributed by atoms with van der Waals surface area (Å²) in [6, 6.07) is 16.0. The second-order valence-electron chi connectivity index (χ2n) is 5.73. The van der Waals surface area contributed by atoms with Crippen molar-refractivity contribution in [3.05, 3.63) is 48.0 Å². The molecule has 1 aliphatic carbocycles. The van der Waals surface area contributed by atoms with Crippen LogP contribution in [0, 0.1) is 0 Å². The van der Waals surface area contributed by atoms with Crippen molar-refractivity contribution in [1.82, 2.24) is 5.32 Å². The predicted octanol–water partition coefficient (Wildman–Crippen LogP) is 4.60. The van der Waals surface area contributed by atoms with Gasteiger partial charge in [0.05, 0.1) is 0 Å². The van der Waals surface area contributed by atoms with E-state index in [-0.39, 0.29) is 0 Å². The van der Waals surface area contributed by atoms with E-state index in [9.17, 15) is 0 Å². The first kappa shape index (κ1) is 14.0. The van der Waals surface area contributed by atoms with E-state index in [1.54, 1.807) is 0 Å². The smallest absolute Gasteiger partial charge is 0.0214 e. The largest absolute Gasteiger partial charge is 0.310 e. The van der Waals surface area contributed by atoms with E-state index in [1.807, 2.05) is 11.8 Å². The Labute approximate surface area is 126 Å². The van der Waals surface area contributed by atoms with Crippen LogP contribution in [0.2, 0.25) is 0 Å². The van der Waals surface area contributed by atoms with E-state index in [2.05, 4.69) is 54.0 Å². The minimum absolute atomic E-state index is 0.706. The highest BCUT2D eigenvalue weighted by Gasteiger charge is 2.19. The van der Waals surface area contributed by atoms with Crippen molar-refractivity contribution in [3.63, 3.8) is 0 Å². The zero-order valence-corrected chi connectivity index (χ0v) is 13.0. The zero-order valence-electron chi connectivity index (χ0n) is 12.1. The van der Waals surface area contributed by atoms with Gasteiger partial charge in [0.2, 0.25) is 0 Å². The highest BCUT2D eigenvalue weighted by atomic mass is 32.2. The molecular weight excluding hydrogens is 262 g/mol. The van der Waals surface area contributed by atoms with Gasteiger partial charge in [-0.25, -0.2) is 0 Å². The van der Waals surface area contributed by atoms with Gasteiger partial charge in [-0.15, -0.1) is 0 Å². The summed E-state index contributed by atoms with van der Waals surface area (Å²) in [4.78, 5) is 0. The molecule has 20 heavy (non-hydrogen) atoms.